The van der Waals surface area contributed by atoms with Gasteiger partial charge in [-0.25, -0.2) is 0 Å². The van der Waals surface area contributed by atoms with Crippen molar-refractivity contribution in [3.63, 3.8) is 0 Å². The largest absolute Gasteiger partial charge is 0.508 e. The highest BCUT2D eigenvalue weighted by Crippen LogP contribution is 2.45. The number of carbonyl (C=O) groups is 1. The van der Waals surface area contributed by atoms with E-state index in [-0.39, 0.29) is 5.75 Å². The van der Waals surface area contributed by atoms with Crippen molar-refractivity contribution in [1.29, 1.82) is 0 Å². The molecule has 1 fully saturated rings. The number of aldehydes is 1. The Morgan fingerprint density at radius 1 is 1.42 bits per heavy atom. The van der Waals surface area contributed by atoms with Gasteiger partial charge in [-0.05, 0) is 24.8 Å². The summed E-state index contributed by atoms with van der Waals surface area (Å²) in [5, 5.41) is 9.47. The van der Waals surface area contributed by atoms with Crippen molar-refractivity contribution in [1.82, 2.24) is 0 Å². The van der Waals surface area contributed by atoms with Crippen LogP contribution in [0.1, 0.15) is 34.7 Å². The molecule has 0 aromatic heterocycles. The molecule has 0 heterocycles. The zero-order chi connectivity index (χ0) is 8.55. The molecule has 0 spiro atoms. The molecule has 0 radical (unpaired) electrons. The van der Waals surface area contributed by atoms with E-state index in [0.717, 1.165) is 24.7 Å². The van der Waals surface area contributed by atoms with Crippen LogP contribution in [0.5, 0.6) is 5.75 Å². The SMILES string of the molecule is O=Cc1cccc(O)c1C1CC1. The van der Waals surface area contributed by atoms with Crippen LogP contribution in [-0.2, 0) is 0 Å². The second-order valence-electron chi connectivity index (χ2n) is 3.17. The zero-order valence-corrected chi connectivity index (χ0v) is 6.66. The Balaban J connectivity index is 2.52. The maximum absolute atomic E-state index is 10.6. The number of phenols is 1. The van der Waals surface area contributed by atoms with Crippen molar-refractivity contribution in [2.45, 2.75) is 18.8 Å². The van der Waals surface area contributed by atoms with Crippen LogP contribution in [0, 0.1) is 0 Å². The predicted molar refractivity (Wildman–Crippen MR) is 45.5 cm³/mol. The maximum Gasteiger partial charge on any atom is 0.150 e. The summed E-state index contributed by atoms with van der Waals surface area (Å²) < 4.78 is 0. The molecule has 1 saturated carbocycles. The number of rotatable bonds is 2. The van der Waals surface area contributed by atoms with Gasteiger partial charge in [0.15, 0.2) is 0 Å². The summed E-state index contributed by atoms with van der Waals surface area (Å²) in [5.74, 6) is 0.688. The van der Waals surface area contributed by atoms with Crippen LogP contribution in [0.2, 0.25) is 0 Å². The maximum atomic E-state index is 10.6. The van der Waals surface area contributed by atoms with Crippen molar-refractivity contribution in [3.05, 3.63) is 29.3 Å². The average molecular weight is 162 g/mol. The molecule has 1 aliphatic carbocycles. The van der Waals surface area contributed by atoms with Crippen molar-refractivity contribution in [3.8, 4) is 5.75 Å². The van der Waals surface area contributed by atoms with E-state index >= 15 is 0 Å². The molecule has 1 aromatic rings. The van der Waals surface area contributed by atoms with Crippen molar-refractivity contribution < 1.29 is 9.90 Å². The van der Waals surface area contributed by atoms with E-state index in [2.05, 4.69) is 0 Å². The van der Waals surface area contributed by atoms with Crippen LogP contribution in [-0.4, -0.2) is 11.4 Å². The topological polar surface area (TPSA) is 37.3 Å². The first kappa shape index (κ1) is 7.35. The van der Waals surface area contributed by atoms with Gasteiger partial charge in [-0.1, -0.05) is 12.1 Å². The minimum atomic E-state index is 0.266. The lowest BCUT2D eigenvalue weighted by atomic mass is 10.0. The summed E-state index contributed by atoms with van der Waals surface area (Å²) in [6.45, 7) is 0. The van der Waals surface area contributed by atoms with Gasteiger partial charge >= 0.3 is 0 Å². The molecule has 62 valence electrons. The van der Waals surface area contributed by atoms with Gasteiger partial charge in [-0.15, -0.1) is 0 Å². The quantitative estimate of drug-likeness (QED) is 0.676. The third-order valence-corrected chi connectivity index (χ3v) is 2.23. The summed E-state index contributed by atoms with van der Waals surface area (Å²) in [6, 6.07) is 5.09. The highest BCUT2D eigenvalue weighted by atomic mass is 16.3. The van der Waals surface area contributed by atoms with E-state index in [4.69, 9.17) is 0 Å². The molecule has 2 heteroatoms. The summed E-state index contributed by atoms with van der Waals surface area (Å²) >= 11 is 0. The molecular weight excluding hydrogens is 152 g/mol. The van der Waals surface area contributed by atoms with E-state index in [1.165, 1.54) is 0 Å². The minimum absolute atomic E-state index is 0.266. The predicted octanol–water partition coefficient (Wildman–Crippen LogP) is 2.08. The lowest BCUT2D eigenvalue weighted by molar-refractivity contribution is 0.112. The van der Waals surface area contributed by atoms with Gasteiger partial charge in [0, 0.05) is 11.1 Å². The molecule has 0 atom stereocenters. The fourth-order valence-electron chi connectivity index (χ4n) is 1.49. The minimum Gasteiger partial charge on any atom is -0.508 e. The average Bonchev–Trinajstić information content (AvgIpc) is 2.87. The highest BCUT2D eigenvalue weighted by Gasteiger charge is 2.28. The second kappa shape index (κ2) is 2.63. The monoisotopic (exact) mass is 162 g/mol. The molecule has 0 aliphatic heterocycles. The van der Waals surface area contributed by atoms with Crippen molar-refractivity contribution in [2.24, 2.45) is 0 Å². The van der Waals surface area contributed by atoms with Gasteiger partial charge < -0.3 is 5.11 Å². The van der Waals surface area contributed by atoms with Crippen molar-refractivity contribution in [2.75, 3.05) is 0 Å². The van der Waals surface area contributed by atoms with E-state index in [9.17, 15) is 9.90 Å². The Kier molecular flexibility index (Phi) is 1.61. The fourth-order valence-corrected chi connectivity index (χ4v) is 1.49. The first-order valence-corrected chi connectivity index (χ1v) is 4.10. The molecule has 2 rings (SSSR count). The smallest absolute Gasteiger partial charge is 0.150 e. The third kappa shape index (κ3) is 1.09. The molecule has 0 saturated heterocycles. The van der Waals surface area contributed by atoms with Gasteiger partial charge in [-0.2, -0.15) is 0 Å². The Labute approximate surface area is 70.8 Å². The summed E-state index contributed by atoms with van der Waals surface area (Å²) in [7, 11) is 0. The van der Waals surface area contributed by atoms with Gasteiger partial charge in [0.1, 0.15) is 12.0 Å². The molecule has 12 heavy (non-hydrogen) atoms. The van der Waals surface area contributed by atoms with Crippen LogP contribution >= 0.6 is 0 Å². The first-order chi connectivity index (χ1) is 5.83. The molecular formula is C10H10O2. The Morgan fingerprint density at radius 2 is 2.17 bits per heavy atom. The summed E-state index contributed by atoms with van der Waals surface area (Å²) in [4.78, 5) is 10.6. The van der Waals surface area contributed by atoms with Gasteiger partial charge in [-0.3, -0.25) is 4.79 Å². The standard InChI is InChI=1S/C10H10O2/c11-6-8-2-1-3-9(12)10(8)7-4-5-7/h1-3,6-7,12H,4-5H2. The lowest BCUT2D eigenvalue weighted by Gasteiger charge is -2.04. The fraction of sp³-hybridized carbons (Fsp3) is 0.300. The van der Waals surface area contributed by atoms with Crippen LogP contribution in [0.4, 0.5) is 0 Å². The van der Waals surface area contributed by atoms with Crippen LogP contribution < -0.4 is 0 Å². The van der Waals surface area contributed by atoms with E-state index in [1.54, 1.807) is 18.2 Å². The van der Waals surface area contributed by atoms with Gasteiger partial charge in [0.2, 0.25) is 0 Å². The number of hydrogen-bond acceptors (Lipinski definition) is 2. The molecule has 1 aromatic carbocycles. The number of carbonyl (C=O) groups excluding carboxylic acids is 1. The lowest BCUT2D eigenvalue weighted by Crippen LogP contribution is -1.89. The summed E-state index contributed by atoms with van der Waals surface area (Å²) in [5.41, 5.74) is 1.48. The Hall–Kier alpha value is -1.31. The van der Waals surface area contributed by atoms with Crippen LogP contribution in [0.3, 0.4) is 0 Å². The highest BCUT2D eigenvalue weighted by molar-refractivity contribution is 5.79. The Bertz CT molecular complexity index is 314. The number of hydrogen-bond donors (Lipinski definition) is 1. The second-order valence-corrected chi connectivity index (χ2v) is 3.17. The molecule has 2 nitrogen and oxygen atoms in total. The summed E-state index contributed by atoms with van der Waals surface area (Å²) in [6.07, 6.45) is 3.00. The number of aromatic hydroxyl groups is 1. The number of phenolic OH excluding ortho intramolecular Hbond substituents is 1. The van der Waals surface area contributed by atoms with Gasteiger partial charge in [0.05, 0.1) is 0 Å². The molecule has 0 bridgehead atoms. The number of benzene rings is 1. The molecule has 1 aliphatic rings. The van der Waals surface area contributed by atoms with Crippen molar-refractivity contribution >= 4 is 6.29 Å². The zero-order valence-electron chi connectivity index (χ0n) is 6.66. The first-order valence-electron chi connectivity index (χ1n) is 4.10. The third-order valence-electron chi connectivity index (χ3n) is 2.23. The van der Waals surface area contributed by atoms with Crippen LogP contribution in [0.25, 0.3) is 0 Å². The van der Waals surface area contributed by atoms with Gasteiger partial charge in [0.25, 0.3) is 0 Å². The molecule has 0 amide bonds. The molecule has 1 N–H and O–H groups in total. The normalized spacial score (nSPS) is 16.0. The van der Waals surface area contributed by atoms with E-state index in [1.807, 2.05) is 0 Å². The van der Waals surface area contributed by atoms with E-state index < -0.39 is 0 Å². The van der Waals surface area contributed by atoms with Crippen LogP contribution in [0.15, 0.2) is 18.2 Å². The Morgan fingerprint density at radius 3 is 2.75 bits per heavy atom. The molecule has 0 unspecified atom stereocenters. The van der Waals surface area contributed by atoms with E-state index in [0.29, 0.717) is 11.5 Å².